The van der Waals surface area contributed by atoms with Gasteiger partial charge in [0.1, 0.15) is 0 Å². The van der Waals surface area contributed by atoms with Crippen molar-refractivity contribution in [3.05, 3.63) is 48.3 Å². The Balaban J connectivity index is 0.00000220. The molecule has 0 amide bonds. The molecule has 114 valence electrons. The molecule has 0 unspecified atom stereocenters. The maximum absolute atomic E-state index is 4.63. The van der Waals surface area contributed by atoms with E-state index in [1.807, 2.05) is 54.9 Å². The van der Waals surface area contributed by atoms with Gasteiger partial charge >= 0.3 is 0 Å². The fraction of sp³-hybridized carbons (Fsp3) is 0.333. The highest BCUT2D eigenvalue weighted by molar-refractivity contribution is 14.0. The van der Waals surface area contributed by atoms with Gasteiger partial charge in [-0.3, -0.25) is 0 Å². The van der Waals surface area contributed by atoms with Gasteiger partial charge in [-0.15, -0.1) is 24.0 Å². The first kappa shape index (κ1) is 17.5. The van der Waals surface area contributed by atoms with Crippen LogP contribution in [0.3, 0.4) is 0 Å². The second-order valence-corrected chi connectivity index (χ2v) is 5.02. The van der Waals surface area contributed by atoms with Crippen LogP contribution < -0.4 is 0 Å². The molecule has 21 heavy (non-hydrogen) atoms. The van der Waals surface area contributed by atoms with Crippen LogP contribution in [0, 0.1) is 0 Å². The number of hydrogen-bond donors (Lipinski definition) is 0. The molecule has 2 aromatic rings. The zero-order valence-corrected chi connectivity index (χ0v) is 15.2. The summed E-state index contributed by atoms with van der Waals surface area (Å²) in [5.41, 5.74) is 2.24. The average Bonchev–Trinajstić information content (AvgIpc) is 2.92. The summed E-state index contributed by atoms with van der Waals surface area (Å²) in [5.74, 6) is 0.959. The molecule has 1 heterocycles. The van der Waals surface area contributed by atoms with E-state index in [-0.39, 0.29) is 24.0 Å². The minimum Gasteiger partial charge on any atom is -0.349 e. The maximum Gasteiger partial charge on any atom is 0.195 e. The van der Waals surface area contributed by atoms with Gasteiger partial charge in [0.15, 0.2) is 5.96 Å². The number of guanidine groups is 1. The number of hydrogen-bond acceptors (Lipinski definition) is 2. The second kappa shape index (κ2) is 8.02. The highest BCUT2D eigenvalue weighted by Crippen LogP contribution is 2.09. The molecule has 0 radical (unpaired) electrons. The monoisotopic (exact) mass is 399 g/mol. The largest absolute Gasteiger partial charge is 0.349 e. The summed E-state index contributed by atoms with van der Waals surface area (Å²) in [4.78, 5) is 8.66. The number of halogens is 1. The number of benzene rings is 1. The molecule has 6 heteroatoms. The van der Waals surface area contributed by atoms with Gasteiger partial charge in [0.25, 0.3) is 0 Å². The van der Waals surface area contributed by atoms with Crippen molar-refractivity contribution in [3.8, 4) is 5.69 Å². The lowest BCUT2D eigenvalue weighted by atomic mass is 10.2. The Bertz CT molecular complexity index is 548. The Morgan fingerprint density at radius 2 is 1.71 bits per heavy atom. The van der Waals surface area contributed by atoms with E-state index < -0.39 is 0 Å². The molecule has 0 aliphatic heterocycles. The Morgan fingerprint density at radius 1 is 1.10 bits per heavy atom. The lowest BCUT2D eigenvalue weighted by Crippen LogP contribution is -2.35. The van der Waals surface area contributed by atoms with Crippen LogP contribution in [0.5, 0.6) is 0 Å². The molecule has 5 nitrogen and oxygen atoms in total. The van der Waals surface area contributed by atoms with Crippen LogP contribution in [-0.4, -0.2) is 53.7 Å². The molecular formula is C15H22IN5. The van der Waals surface area contributed by atoms with Crippen molar-refractivity contribution in [2.75, 3.05) is 28.2 Å². The van der Waals surface area contributed by atoms with Crippen molar-refractivity contribution >= 4 is 29.9 Å². The van der Waals surface area contributed by atoms with Crippen molar-refractivity contribution in [1.82, 2.24) is 19.6 Å². The molecule has 2 rings (SSSR count). The molecule has 1 aromatic carbocycles. The highest BCUT2D eigenvalue weighted by atomic mass is 127. The lowest BCUT2D eigenvalue weighted by Gasteiger charge is -2.22. The molecule has 0 aliphatic rings. The average molecular weight is 399 g/mol. The van der Waals surface area contributed by atoms with Gasteiger partial charge in [0.2, 0.25) is 0 Å². The molecule has 0 saturated heterocycles. The molecule has 0 aliphatic carbocycles. The minimum atomic E-state index is 0. The Hall–Kier alpha value is -1.57. The van der Waals surface area contributed by atoms with E-state index in [0.717, 1.165) is 11.6 Å². The summed E-state index contributed by atoms with van der Waals surface area (Å²) >= 11 is 0. The fourth-order valence-electron chi connectivity index (χ4n) is 2.02. The van der Waals surface area contributed by atoms with Crippen LogP contribution in [0.1, 0.15) is 5.56 Å². The molecule has 1 aromatic heterocycles. The Labute approximate surface area is 143 Å². The van der Waals surface area contributed by atoms with Crippen LogP contribution in [0.25, 0.3) is 5.69 Å². The van der Waals surface area contributed by atoms with E-state index in [4.69, 9.17) is 0 Å². The van der Waals surface area contributed by atoms with Gasteiger partial charge in [-0.25, -0.2) is 9.67 Å². The molecule has 0 spiro atoms. The predicted octanol–water partition coefficient (Wildman–Crippen LogP) is 2.47. The minimum absolute atomic E-state index is 0. The maximum atomic E-state index is 4.63. The van der Waals surface area contributed by atoms with Crippen LogP contribution in [0.2, 0.25) is 0 Å². The van der Waals surface area contributed by atoms with E-state index in [2.05, 4.69) is 34.4 Å². The van der Waals surface area contributed by atoms with E-state index in [1.165, 1.54) is 5.56 Å². The quantitative estimate of drug-likeness (QED) is 0.452. The molecule has 0 N–H and O–H groups in total. The molecule has 0 fully saturated rings. The summed E-state index contributed by atoms with van der Waals surface area (Å²) in [5, 5.41) is 4.21. The molecule has 0 atom stereocenters. The first-order valence-electron chi connectivity index (χ1n) is 6.56. The zero-order chi connectivity index (χ0) is 14.5. The second-order valence-electron chi connectivity index (χ2n) is 5.02. The van der Waals surface area contributed by atoms with Crippen LogP contribution in [-0.2, 0) is 6.54 Å². The lowest BCUT2D eigenvalue weighted by molar-refractivity contribution is 0.479. The zero-order valence-electron chi connectivity index (χ0n) is 12.9. The van der Waals surface area contributed by atoms with E-state index in [1.54, 1.807) is 6.20 Å². The SMILES string of the molecule is CN(C)C(=NCc1ccc(-n2cccn2)cc1)N(C)C.I. The fourth-order valence-corrected chi connectivity index (χ4v) is 2.02. The molecule has 0 saturated carbocycles. The Kier molecular flexibility index (Phi) is 6.67. The predicted molar refractivity (Wildman–Crippen MR) is 97.5 cm³/mol. The standard InChI is InChI=1S/C15H21N5.HI/c1-18(2)15(19(3)4)16-12-13-6-8-14(9-7-13)20-11-5-10-17-20;/h5-11H,12H2,1-4H3;1H. The third-order valence-electron chi connectivity index (χ3n) is 2.91. The van der Waals surface area contributed by atoms with Gasteiger partial charge in [-0.1, -0.05) is 12.1 Å². The van der Waals surface area contributed by atoms with Crippen LogP contribution >= 0.6 is 24.0 Å². The van der Waals surface area contributed by atoms with Crippen LogP contribution in [0.4, 0.5) is 0 Å². The molecule has 0 bridgehead atoms. The number of nitrogens with zero attached hydrogens (tertiary/aromatic N) is 5. The normalized spacial score (nSPS) is 9.71. The third kappa shape index (κ3) is 4.73. The van der Waals surface area contributed by atoms with Crippen molar-refractivity contribution in [1.29, 1.82) is 0 Å². The third-order valence-corrected chi connectivity index (χ3v) is 2.91. The van der Waals surface area contributed by atoms with Crippen molar-refractivity contribution in [3.63, 3.8) is 0 Å². The summed E-state index contributed by atoms with van der Waals surface area (Å²) in [6.07, 6.45) is 3.71. The van der Waals surface area contributed by atoms with E-state index in [9.17, 15) is 0 Å². The first-order valence-corrected chi connectivity index (χ1v) is 6.56. The van der Waals surface area contributed by atoms with E-state index >= 15 is 0 Å². The van der Waals surface area contributed by atoms with Gasteiger partial charge in [-0.05, 0) is 23.8 Å². The smallest absolute Gasteiger partial charge is 0.195 e. The topological polar surface area (TPSA) is 36.7 Å². The highest BCUT2D eigenvalue weighted by Gasteiger charge is 2.04. The summed E-state index contributed by atoms with van der Waals surface area (Å²) < 4.78 is 1.85. The van der Waals surface area contributed by atoms with Gasteiger partial charge in [0, 0.05) is 40.6 Å². The summed E-state index contributed by atoms with van der Waals surface area (Å²) in [7, 11) is 8.00. The van der Waals surface area contributed by atoms with Crippen LogP contribution in [0.15, 0.2) is 47.7 Å². The molecular weight excluding hydrogens is 377 g/mol. The summed E-state index contributed by atoms with van der Waals surface area (Å²) in [6.45, 7) is 0.672. The van der Waals surface area contributed by atoms with Crippen molar-refractivity contribution in [2.24, 2.45) is 4.99 Å². The van der Waals surface area contributed by atoms with Gasteiger partial charge < -0.3 is 9.80 Å². The number of rotatable bonds is 3. The van der Waals surface area contributed by atoms with Crippen molar-refractivity contribution < 1.29 is 0 Å². The van der Waals surface area contributed by atoms with E-state index in [0.29, 0.717) is 6.54 Å². The number of aliphatic imine (C=N–C) groups is 1. The number of aromatic nitrogens is 2. The first-order chi connectivity index (χ1) is 9.58. The summed E-state index contributed by atoms with van der Waals surface area (Å²) in [6, 6.07) is 10.2. The van der Waals surface area contributed by atoms with Gasteiger partial charge in [0.05, 0.1) is 12.2 Å². The van der Waals surface area contributed by atoms with Gasteiger partial charge in [-0.2, -0.15) is 5.10 Å². The van der Waals surface area contributed by atoms with Crippen molar-refractivity contribution in [2.45, 2.75) is 6.54 Å². The Morgan fingerprint density at radius 3 is 2.19 bits per heavy atom.